The number of carbonyl (C=O) groups is 1. The molecule has 0 bridgehead atoms. The number of anilines is 2. The van der Waals surface area contributed by atoms with Crippen molar-refractivity contribution in [3.05, 3.63) is 83.7 Å². The summed E-state index contributed by atoms with van der Waals surface area (Å²) in [6, 6.07) is 11.0. The lowest BCUT2D eigenvalue weighted by molar-refractivity contribution is 0.102. The van der Waals surface area contributed by atoms with Gasteiger partial charge in [0.15, 0.2) is 5.82 Å². The zero-order valence-electron chi connectivity index (χ0n) is 15.4. The van der Waals surface area contributed by atoms with Crippen LogP contribution in [-0.2, 0) is 10.0 Å². The summed E-state index contributed by atoms with van der Waals surface area (Å²) in [5.74, 6) is -3.31. The highest BCUT2D eigenvalue weighted by atomic mass is 32.2. The standard InChI is InChI=1S/C20H15F3N2O4S/c1-29-16-5-6-19(18(23)11-16)25-30(27,28)17-4-2-3-15(10-17)24-20(26)12-7-13(21)9-14(22)8-12/h2-11,25H,1H3,(H,24,26). The van der Waals surface area contributed by atoms with Gasteiger partial charge in [0.25, 0.3) is 15.9 Å². The minimum absolute atomic E-state index is 0.0581. The van der Waals surface area contributed by atoms with Crippen molar-refractivity contribution >= 4 is 27.3 Å². The number of sulfonamides is 1. The van der Waals surface area contributed by atoms with Crippen LogP contribution in [0.4, 0.5) is 24.5 Å². The van der Waals surface area contributed by atoms with Crippen molar-refractivity contribution in [1.29, 1.82) is 0 Å². The molecule has 0 unspecified atom stereocenters. The number of halogens is 3. The molecule has 10 heteroatoms. The lowest BCUT2D eigenvalue weighted by atomic mass is 10.2. The van der Waals surface area contributed by atoms with E-state index in [1.54, 1.807) is 0 Å². The van der Waals surface area contributed by atoms with Crippen LogP contribution in [-0.4, -0.2) is 21.4 Å². The molecule has 3 rings (SSSR count). The summed E-state index contributed by atoms with van der Waals surface area (Å²) in [5.41, 5.74) is -0.512. The van der Waals surface area contributed by atoms with E-state index in [0.717, 1.165) is 24.3 Å². The fraction of sp³-hybridized carbons (Fsp3) is 0.0500. The molecule has 0 heterocycles. The third-order valence-electron chi connectivity index (χ3n) is 3.95. The number of methoxy groups -OCH3 is 1. The molecule has 0 atom stereocenters. The molecule has 0 fully saturated rings. The van der Waals surface area contributed by atoms with E-state index in [0.29, 0.717) is 6.07 Å². The molecule has 0 saturated heterocycles. The topological polar surface area (TPSA) is 84.5 Å². The van der Waals surface area contributed by atoms with Crippen LogP contribution < -0.4 is 14.8 Å². The van der Waals surface area contributed by atoms with Gasteiger partial charge in [-0.15, -0.1) is 0 Å². The second-order valence-corrected chi connectivity index (χ2v) is 7.77. The molecule has 0 aromatic heterocycles. The third-order valence-corrected chi connectivity index (χ3v) is 5.31. The lowest BCUT2D eigenvalue weighted by Gasteiger charge is -2.11. The predicted molar refractivity (Wildman–Crippen MR) is 105 cm³/mol. The molecule has 6 nitrogen and oxygen atoms in total. The quantitative estimate of drug-likeness (QED) is 0.608. The third kappa shape index (κ3) is 4.90. The maximum atomic E-state index is 14.1. The van der Waals surface area contributed by atoms with E-state index >= 15 is 0 Å². The van der Waals surface area contributed by atoms with Gasteiger partial charge < -0.3 is 10.1 Å². The smallest absolute Gasteiger partial charge is 0.262 e. The van der Waals surface area contributed by atoms with E-state index in [9.17, 15) is 26.4 Å². The monoisotopic (exact) mass is 436 g/mol. The summed E-state index contributed by atoms with van der Waals surface area (Å²) in [7, 11) is -2.85. The Morgan fingerprint density at radius 3 is 2.27 bits per heavy atom. The molecule has 156 valence electrons. The van der Waals surface area contributed by atoms with Crippen LogP contribution in [0.2, 0.25) is 0 Å². The fourth-order valence-electron chi connectivity index (χ4n) is 2.54. The maximum Gasteiger partial charge on any atom is 0.262 e. The number of hydrogen-bond acceptors (Lipinski definition) is 4. The van der Waals surface area contributed by atoms with E-state index < -0.39 is 33.4 Å². The number of rotatable bonds is 6. The zero-order chi connectivity index (χ0) is 21.9. The van der Waals surface area contributed by atoms with Crippen LogP contribution in [0, 0.1) is 17.5 Å². The molecule has 0 aliphatic rings. The molecule has 1 amide bonds. The van der Waals surface area contributed by atoms with Crippen LogP contribution in [0.1, 0.15) is 10.4 Å². The second-order valence-electron chi connectivity index (χ2n) is 6.09. The van der Waals surface area contributed by atoms with Crippen LogP contribution in [0.5, 0.6) is 5.75 Å². The average Bonchev–Trinajstić information content (AvgIpc) is 2.69. The zero-order valence-corrected chi connectivity index (χ0v) is 16.3. The van der Waals surface area contributed by atoms with Crippen LogP contribution in [0.25, 0.3) is 0 Å². The van der Waals surface area contributed by atoms with Gasteiger partial charge in [-0.3, -0.25) is 9.52 Å². The highest BCUT2D eigenvalue weighted by Gasteiger charge is 2.18. The summed E-state index contributed by atoms with van der Waals surface area (Å²) in [5, 5.41) is 2.36. The van der Waals surface area contributed by atoms with Gasteiger partial charge >= 0.3 is 0 Å². The SMILES string of the molecule is COc1ccc(NS(=O)(=O)c2cccc(NC(=O)c3cc(F)cc(F)c3)c2)c(F)c1. The number of carbonyl (C=O) groups excluding carboxylic acids is 1. The summed E-state index contributed by atoms with van der Waals surface area (Å²) in [6.45, 7) is 0. The predicted octanol–water partition coefficient (Wildman–Crippen LogP) is 4.17. The molecular weight excluding hydrogens is 421 g/mol. The molecule has 2 N–H and O–H groups in total. The fourth-order valence-corrected chi connectivity index (χ4v) is 3.65. The van der Waals surface area contributed by atoms with Gasteiger partial charge in [0.2, 0.25) is 0 Å². The summed E-state index contributed by atoms with van der Waals surface area (Å²) in [4.78, 5) is 11.9. The van der Waals surface area contributed by atoms with Crippen LogP contribution in [0.3, 0.4) is 0 Å². The lowest BCUT2D eigenvalue weighted by Crippen LogP contribution is -2.16. The largest absolute Gasteiger partial charge is 0.497 e. The number of amides is 1. The number of hydrogen-bond donors (Lipinski definition) is 2. The van der Waals surface area contributed by atoms with Crippen molar-refractivity contribution in [2.45, 2.75) is 4.90 Å². The number of benzene rings is 3. The highest BCUT2D eigenvalue weighted by molar-refractivity contribution is 7.92. The van der Waals surface area contributed by atoms with E-state index in [1.165, 1.54) is 37.4 Å². The van der Waals surface area contributed by atoms with Crippen molar-refractivity contribution in [1.82, 2.24) is 0 Å². The number of ether oxygens (including phenoxy) is 1. The molecule has 0 aliphatic heterocycles. The maximum absolute atomic E-state index is 14.1. The highest BCUT2D eigenvalue weighted by Crippen LogP contribution is 2.24. The first-order valence-corrected chi connectivity index (χ1v) is 9.90. The summed E-state index contributed by atoms with van der Waals surface area (Å²) < 4.78 is 72.8. The minimum Gasteiger partial charge on any atom is -0.497 e. The van der Waals surface area contributed by atoms with Gasteiger partial charge in [0, 0.05) is 23.4 Å². The minimum atomic E-state index is -4.19. The van der Waals surface area contributed by atoms with E-state index in [1.807, 2.05) is 0 Å². The number of nitrogens with one attached hydrogen (secondary N) is 2. The Morgan fingerprint density at radius 2 is 1.63 bits per heavy atom. The van der Waals surface area contributed by atoms with E-state index in [2.05, 4.69) is 10.0 Å². The van der Waals surface area contributed by atoms with Gasteiger partial charge in [0.1, 0.15) is 17.4 Å². The van der Waals surface area contributed by atoms with Gasteiger partial charge in [-0.1, -0.05) is 6.07 Å². The second kappa shape index (κ2) is 8.46. The van der Waals surface area contributed by atoms with Crippen molar-refractivity contribution in [3.63, 3.8) is 0 Å². The van der Waals surface area contributed by atoms with Gasteiger partial charge in [-0.2, -0.15) is 0 Å². The van der Waals surface area contributed by atoms with Gasteiger partial charge in [-0.05, 0) is 42.5 Å². The first kappa shape index (κ1) is 21.2. The Hall–Kier alpha value is -3.53. The average molecular weight is 436 g/mol. The normalized spacial score (nSPS) is 11.1. The Balaban J connectivity index is 1.82. The van der Waals surface area contributed by atoms with Gasteiger partial charge in [0.05, 0.1) is 17.7 Å². The van der Waals surface area contributed by atoms with Crippen molar-refractivity contribution in [2.75, 3.05) is 17.1 Å². The molecule has 0 radical (unpaired) electrons. The Morgan fingerprint density at radius 1 is 0.933 bits per heavy atom. The van der Waals surface area contributed by atoms with Crippen molar-refractivity contribution in [3.8, 4) is 5.75 Å². The van der Waals surface area contributed by atoms with Crippen LogP contribution in [0.15, 0.2) is 65.6 Å². The molecule has 0 saturated carbocycles. The molecule has 0 spiro atoms. The van der Waals surface area contributed by atoms with Crippen molar-refractivity contribution in [2.24, 2.45) is 0 Å². The molecule has 30 heavy (non-hydrogen) atoms. The Kier molecular flexibility index (Phi) is 5.97. The Bertz CT molecular complexity index is 1200. The van der Waals surface area contributed by atoms with E-state index in [4.69, 9.17) is 4.74 Å². The first-order valence-electron chi connectivity index (χ1n) is 8.42. The summed E-state index contributed by atoms with van der Waals surface area (Å²) >= 11 is 0. The molecule has 3 aromatic rings. The first-order chi connectivity index (χ1) is 14.2. The van der Waals surface area contributed by atoms with Crippen molar-refractivity contribution < 1.29 is 31.1 Å². The summed E-state index contributed by atoms with van der Waals surface area (Å²) in [6.07, 6.45) is 0. The van der Waals surface area contributed by atoms with Gasteiger partial charge in [-0.25, -0.2) is 21.6 Å². The van der Waals surface area contributed by atoms with Crippen LogP contribution >= 0.6 is 0 Å². The molecule has 0 aliphatic carbocycles. The Labute approximate surface area is 170 Å². The molecule has 3 aromatic carbocycles. The van der Waals surface area contributed by atoms with E-state index in [-0.39, 0.29) is 27.6 Å². The molecular formula is C20H15F3N2O4S.